The molecule has 0 aromatic heterocycles. The Bertz CT molecular complexity index is 504. The normalized spacial score (nSPS) is 18.3. The van der Waals surface area contributed by atoms with Crippen molar-refractivity contribution in [1.82, 2.24) is 10.2 Å². The van der Waals surface area contributed by atoms with Gasteiger partial charge in [0.1, 0.15) is 0 Å². The van der Waals surface area contributed by atoms with Crippen LogP contribution in [-0.4, -0.2) is 52.6 Å². The van der Waals surface area contributed by atoms with E-state index in [0.717, 1.165) is 24.4 Å². The van der Waals surface area contributed by atoms with Crippen LogP contribution in [-0.2, 0) is 6.42 Å². The van der Waals surface area contributed by atoms with E-state index in [-0.39, 0.29) is 11.6 Å². The third-order valence-electron chi connectivity index (χ3n) is 3.42. The van der Waals surface area contributed by atoms with Crippen LogP contribution in [0.1, 0.15) is 22.8 Å². The maximum Gasteiger partial charge on any atom is 0.335 e. The van der Waals surface area contributed by atoms with Crippen LogP contribution in [0.15, 0.2) is 24.3 Å². The Morgan fingerprint density at radius 1 is 1.38 bits per heavy atom. The molecule has 0 bridgehead atoms. The Morgan fingerprint density at radius 3 is 2.71 bits per heavy atom. The number of nitrogens with zero attached hydrogens (tertiary/aromatic N) is 1. The molecule has 1 heterocycles. The van der Waals surface area contributed by atoms with Gasteiger partial charge in [-0.3, -0.25) is 0 Å². The highest BCUT2D eigenvalue weighted by molar-refractivity contribution is 7.99. The van der Waals surface area contributed by atoms with Gasteiger partial charge in [-0.15, -0.1) is 0 Å². The Kier molecular flexibility index (Phi) is 5.50. The lowest BCUT2D eigenvalue weighted by Gasteiger charge is -2.30. The zero-order chi connectivity index (χ0) is 15.2. The summed E-state index contributed by atoms with van der Waals surface area (Å²) in [7, 11) is 0. The lowest BCUT2D eigenvalue weighted by Crippen LogP contribution is -2.46. The first kappa shape index (κ1) is 15.7. The predicted molar refractivity (Wildman–Crippen MR) is 84.0 cm³/mol. The molecule has 2 N–H and O–H groups in total. The van der Waals surface area contributed by atoms with Crippen molar-refractivity contribution in [3.8, 4) is 0 Å². The summed E-state index contributed by atoms with van der Waals surface area (Å²) in [4.78, 5) is 24.6. The van der Waals surface area contributed by atoms with Gasteiger partial charge in [0.2, 0.25) is 0 Å². The molecule has 1 fully saturated rings. The van der Waals surface area contributed by atoms with Crippen LogP contribution < -0.4 is 5.32 Å². The first-order chi connectivity index (χ1) is 10.1. The molecular formula is C15H20N2O3S. The van der Waals surface area contributed by atoms with Gasteiger partial charge in [0.15, 0.2) is 0 Å². The minimum atomic E-state index is -0.924. The lowest BCUT2D eigenvalue weighted by molar-refractivity contribution is 0.0697. The van der Waals surface area contributed by atoms with Gasteiger partial charge < -0.3 is 15.3 Å². The highest BCUT2D eigenvalue weighted by Gasteiger charge is 2.20. The van der Waals surface area contributed by atoms with Crippen molar-refractivity contribution < 1.29 is 14.7 Å². The van der Waals surface area contributed by atoms with E-state index in [9.17, 15) is 9.59 Å². The third-order valence-corrected chi connectivity index (χ3v) is 4.56. The van der Waals surface area contributed by atoms with E-state index >= 15 is 0 Å². The number of aromatic carboxylic acids is 1. The lowest BCUT2D eigenvalue weighted by atomic mass is 10.1. The zero-order valence-electron chi connectivity index (χ0n) is 12.0. The molecule has 5 nitrogen and oxygen atoms in total. The fraction of sp³-hybridized carbons (Fsp3) is 0.467. The van der Waals surface area contributed by atoms with E-state index in [1.54, 1.807) is 24.3 Å². The summed E-state index contributed by atoms with van der Waals surface area (Å²) in [5, 5.41) is 12.2. The van der Waals surface area contributed by atoms with Crippen LogP contribution >= 0.6 is 11.8 Å². The van der Waals surface area contributed by atoms with E-state index < -0.39 is 5.97 Å². The first-order valence-corrected chi connectivity index (χ1v) is 8.08. The Balaban J connectivity index is 1.75. The number of carbonyl (C=O) groups is 2. The molecule has 1 saturated heterocycles. The van der Waals surface area contributed by atoms with E-state index in [1.807, 2.05) is 16.7 Å². The zero-order valence-corrected chi connectivity index (χ0v) is 12.9. The molecule has 0 spiro atoms. The van der Waals surface area contributed by atoms with Gasteiger partial charge in [-0.05, 0) is 24.1 Å². The summed E-state index contributed by atoms with van der Waals surface area (Å²) in [5.41, 5.74) is 1.30. The largest absolute Gasteiger partial charge is 0.478 e. The van der Waals surface area contributed by atoms with Crippen molar-refractivity contribution in [2.24, 2.45) is 0 Å². The molecule has 0 radical (unpaired) electrons. The fourth-order valence-electron chi connectivity index (χ4n) is 2.24. The second-order valence-electron chi connectivity index (χ2n) is 5.11. The number of thioether (sulfide) groups is 1. The summed E-state index contributed by atoms with van der Waals surface area (Å²) in [6.07, 6.45) is 0.698. The summed E-state index contributed by atoms with van der Waals surface area (Å²) >= 11 is 1.89. The Morgan fingerprint density at radius 2 is 2.10 bits per heavy atom. The topological polar surface area (TPSA) is 69.6 Å². The molecule has 2 amide bonds. The number of carbonyl (C=O) groups excluding carboxylic acids is 1. The van der Waals surface area contributed by atoms with E-state index in [1.165, 1.54) is 0 Å². The number of urea groups is 1. The second kappa shape index (κ2) is 7.36. The second-order valence-corrected chi connectivity index (χ2v) is 6.66. The number of carboxylic acid groups (broad SMARTS) is 1. The first-order valence-electron chi connectivity index (χ1n) is 7.03. The molecule has 114 valence electrons. The van der Waals surface area contributed by atoms with Crippen LogP contribution in [0.3, 0.4) is 0 Å². The molecule has 21 heavy (non-hydrogen) atoms. The molecule has 1 aromatic carbocycles. The summed E-state index contributed by atoms with van der Waals surface area (Å²) in [5.74, 6) is 0.0672. The number of benzene rings is 1. The van der Waals surface area contributed by atoms with Crippen LogP contribution in [0.2, 0.25) is 0 Å². The Hall–Kier alpha value is -1.69. The molecule has 1 aromatic rings. The average molecular weight is 308 g/mol. The van der Waals surface area contributed by atoms with Crippen molar-refractivity contribution in [3.63, 3.8) is 0 Å². The average Bonchev–Trinajstić information content (AvgIpc) is 2.47. The number of hydrogen-bond acceptors (Lipinski definition) is 3. The van der Waals surface area contributed by atoms with Crippen molar-refractivity contribution in [1.29, 1.82) is 0 Å². The minimum Gasteiger partial charge on any atom is -0.478 e. The molecule has 1 atom stereocenters. The molecule has 1 aliphatic heterocycles. The van der Waals surface area contributed by atoms with Gasteiger partial charge >= 0.3 is 12.0 Å². The van der Waals surface area contributed by atoms with E-state index in [0.29, 0.717) is 18.2 Å². The van der Waals surface area contributed by atoms with Crippen molar-refractivity contribution in [3.05, 3.63) is 35.4 Å². The van der Waals surface area contributed by atoms with Crippen molar-refractivity contribution in [2.45, 2.75) is 18.6 Å². The Labute approximate surface area is 128 Å². The van der Waals surface area contributed by atoms with Gasteiger partial charge in [-0.2, -0.15) is 11.8 Å². The quantitative estimate of drug-likeness (QED) is 0.893. The number of amides is 2. The molecular weight excluding hydrogens is 288 g/mol. The summed E-state index contributed by atoms with van der Waals surface area (Å²) in [6, 6.07) is 6.74. The smallest absolute Gasteiger partial charge is 0.335 e. The monoisotopic (exact) mass is 308 g/mol. The summed E-state index contributed by atoms with van der Waals surface area (Å²) in [6.45, 7) is 4.29. The van der Waals surface area contributed by atoms with Crippen LogP contribution in [0.25, 0.3) is 0 Å². The highest BCUT2D eigenvalue weighted by atomic mass is 32.2. The van der Waals surface area contributed by atoms with Gasteiger partial charge in [-0.25, -0.2) is 9.59 Å². The summed E-state index contributed by atoms with van der Waals surface area (Å²) < 4.78 is 0. The van der Waals surface area contributed by atoms with E-state index in [4.69, 9.17) is 5.11 Å². The maximum atomic E-state index is 12.0. The molecule has 0 aliphatic carbocycles. The number of hydrogen-bond donors (Lipinski definition) is 2. The maximum absolute atomic E-state index is 12.0. The van der Waals surface area contributed by atoms with Gasteiger partial charge in [0.05, 0.1) is 5.56 Å². The fourth-order valence-corrected chi connectivity index (χ4v) is 3.26. The predicted octanol–water partition coefficient (Wildman–Crippen LogP) is 2.07. The SMILES string of the molecule is CC1CN(C(=O)NCCc2ccc(C(=O)O)cc2)CCS1. The number of rotatable bonds is 4. The molecule has 1 unspecified atom stereocenters. The minimum absolute atomic E-state index is 0.00990. The van der Waals surface area contributed by atoms with Crippen molar-refractivity contribution >= 4 is 23.8 Å². The van der Waals surface area contributed by atoms with Crippen LogP contribution in [0.4, 0.5) is 4.79 Å². The van der Waals surface area contributed by atoms with Gasteiger partial charge in [0, 0.05) is 30.6 Å². The molecule has 2 rings (SSSR count). The van der Waals surface area contributed by atoms with Gasteiger partial charge in [0.25, 0.3) is 0 Å². The van der Waals surface area contributed by atoms with Crippen LogP contribution in [0, 0.1) is 0 Å². The van der Waals surface area contributed by atoms with Crippen molar-refractivity contribution in [2.75, 3.05) is 25.4 Å². The molecule has 0 saturated carbocycles. The molecule has 1 aliphatic rings. The van der Waals surface area contributed by atoms with E-state index in [2.05, 4.69) is 12.2 Å². The third kappa shape index (κ3) is 4.67. The standard InChI is InChI=1S/C15H20N2O3S/c1-11-10-17(8-9-21-11)15(20)16-7-6-12-2-4-13(5-3-12)14(18)19/h2-5,11H,6-10H2,1H3,(H,16,20)(H,18,19). The van der Waals surface area contributed by atoms with Gasteiger partial charge in [-0.1, -0.05) is 19.1 Å². The number of nitrogens with one attached hydrogen (secondary N) is 1. The number of carboxylic acids is 1. The molecule has 6 heteroatoms. The van der Waals surface area contributed by atoms with Crippen LogP contribution in [0.5, 0.6) is 0 Å². The highest BCUT2D eigenvalue weighted by Crippen LogP contribution is 2.17.